The van der Waals surface area contributed by atoms with Crippen molar-refractivity contribution < 1.29 is 0 Å². The lowest BCUT2D eigenvalue weighted by molar-refractivity contribution is 0.659. The number of fused-ring (bicyclic) bond motifs is 6. The van der Waals surface area contributed by atoms with Gasteiger partial charge in [-0.3, -0.25) is 0 Å². The molecule has 0 radical (unpaired) electrons. The number of hydrogen-bond donors (Lipinski definition) is 0. The molecular formula is C67H54Br3N. The molecule has 0 aliphatic heterocycles. The van der Waals surface area contributed by atoms with E-state index in [4.69, 9.17) is 0 Å². The Bertz CT molecular complexity index is 3390. The van der Waals surface area contributed by atoms with Crippen LogP contribution in [0.5, 0.6) is 0 Å². The standard InChI is InChI=1S/C33H26BrN.C19H16.C15H12Br2/c1-33(2)31-21-25(34)15-19-29(31)30-20-18-28(22-32(30)33)35(26-11-7-4-8-12-26)27-16-13-24(14-17-27)23-9-5-3-6-10-23;1-3-7-16(8-4-1)15-17-11-13-19(14-12-17)18-9-5-2-6-10-18;1-15(2)13-7-9(16)3-5-11(13)12-6-4-10(17)8-14(12)15/h3-22H,1-2H3;1-14H,15H2;3-8H,1-2H3. The molecule has 1 nitrogen and oxygen atoms in total. The maximum atomic E-state index is 3.67. The van der Waals surface area contributed by atoms with Gasteiger partial charge >= 0.3 is 0 Å². The highest BCUT2D eigenvalue weighted by atomic mass is 79.9. The fourth-order valence-electron chi connectivity index (χ4n) is 10.3. The highest BCUT2D eigenvalue weighted by Gasteiger charge is 2.37. The minimum atomic E-state index is -0.0655. The maximum absolute atomic E-state index is 3.67. The summed E-state index contributed by atoms with van der Waals surface area (Å²) in [6.07, 6.45) is 0.996. The van der Waals surface area contributed by atoms with E-state index < -0.39 is 0 Å². The van der Waals surface area contributed by atoms with Crippen molar-refractivity contribution in [2.24, 2.45) is 0 Å². The molecule has 2 aliphatic carbocycles. The highest BCUT2D eigenvalue weighted by Crippen LogP contribution is 2.52. The summed E-state index contributed by atoms with van der Waals surface area (Å²) in [6.45, 7) is 9.23. The first-order valence-corrected chi connectivity index (χ1v) is 26.6. The third-order valence-electron chi connectivity index (χ3n) is 14.0. The molecule has 0 N–H and O–H groups in total. The van der Waals surface area contributed by atoms with Crippen molar-refractivity contribution in [2.75, 3.05) is 4.90 Å². The van der Waals surface area contributed by atoms with Crippen molar-refractivity contribution in [2.45, 2.75) is 44.9 Å². The van der Waals surface area contributed by atoms with E-state index in [-0.39, 0.29) is 10.8 Å². The molecule has 0 fully saturated rings. The zero-order chi connectivity index (χ0) is 49.1. The molecule has 0 atom stereocenters. The lowest BCUT2D eigenvalue weighted by Crippen LogP contribution is -2.16. The largest absolute Gasteiger partial charge is 0.310 e. The molecule has 0 amide bonds. The third kappa shape index (κ3) is 10.2. The second-order valence-electron chi connectivity index (χ2n) is 19.4. The van der Waals surface area contributed by atoms with Crippen LogP contribution in [0.4, 0.5) is 17.1 Å². The van der Waals surface area contributed by atoms with Crippen molar-refractivity contribution in [1.82, 2.24) is 0 Å². The fraction of sp³-hybridized carbons (Fsp3) is 0.104. The molecule has 10 aromatic carbocycles. The summed E-state index contributed by atoms with van der Waals surface area (Å²) in [5, 5.41) is 0. The van der Waals surface area contributed by atoms with E-state index in [0.29, 0.717) is 0 Å². The minimum absolute atomic E-state index is 0.0655. The van der Waals surface area contributed by atoms with E-state index in [0.717, 1.165) is 31.2 Å². The third-order valence-corrected chi connectivity index (χ3v) is 15.5. The predicted octanol–water partition coefficient (Wildman–Crippen LogP) is 20.4. The summed E-state index contributed by atoms with van der Waals surface area (Å²) in [4.78, 5) is 2.35. The first-order chi connectivity index (χ1) is 34.4. The van der Waals surface area contributed by atoms with Gasteiger partial charge in [0, 0.05) is 41.3 Å². The Morgan fingerprint density at radius 2 is 0.606 bits per heavy atom. The average molecular weight is 1110 g/mol. The molecule has 10 aromatic rings. The Balaban J connectivity index is 0.000000136. The molecule has 0 bridgehead atoms. The van der Waals surface area contributed by atoms with E-state index in [1.165, 1.54) is 83.6 Å². The van der Waals surface area contributed by atoms with Crippen LogP contribution < -0.4 is 4.90 Å². The van der Waals surface area contributed by atoms with E-state index in [1.54, 1.807) is 0 Å². The minimum Gasteiger partial charge on any atom is -0.310 e. The van der Waals surface area contributed by atoms with Crippen molar-refractivity contribution in [1.29, 1.82) is 0 Å². The first kappa shape index (κ1) is 48.1. The van der Waals surface area contributed by atoms with Crippen molar-refractivity contribution in [3.63, 3.8) is 0 Å². The second-order valence-corrected chi connectivity index (χ2v) is 22.1. The van der Waals surface area contributed by atoms with Crippen LogP contribution in [0.1, 0.15) is 61.1 Å². The topological polar surface area (TPSA) is 3.24 Å². The summed E-state index contributed by atoms with van der Waals surface area (Å²) >= 11 is 10.8. The Kier molecular flexibility index (Phi) is 14.0. The Labute approximate surface area is 445 Å². The van der Waals surface area contributed by atoms with E-state index in [1.807, 2.05) is 6.07 Å². The number of benzene rings is 10. The predicted molar refractivity (Wildman–Crippen MR) is 312 cm³/mol. The lowest BCUT2D eigenvalue weighted by atomic mass is 9.82. The molecule has 0 aromatic heterocycles. The normalized spacial score (nSPS) is 13.0. The van der Waals surface area contributed by atoms with Crippen molar-refractivity contribution in [3.05, 3.63) is 289 Å². The van der Waals surface area contributed by atoms with Gasteiger partial charge in [0.1, 0.15) is 0 Å². The number of anilines is 3. The van der Waals surface area contributed by atoms with E-state index >= 15 is 0 Å². The van der Waals surface area contributed by atoms with Gasteiger partial charge < -0.3 is 4.90 Å². The van der Waals surface area contributed by atoms with Crippen LogP contribution in [0.3, 0.4) is 0 Å². The van der Waals surface area contributed by atoms with Crippen LogP contribution in [0.25, 0.3) is 44.5 Å². The number of hydrogen-bond acceptors (Lipinski definition) is 1. The van der Waals surface area contributed by atoms with Crippen molar-refractivity contribution >= 4 is 64.9 Å². The molecule has 2 aliphatic rings. The average Bonchev–Trinajstić information content (AvgIpc) is 3.76. The van der Waals surface area contributed by atoms with Gasteiger partial charge in [-0.15, -0.1) is 0 Å². The van der Waals surface area contributed by atoms with Crippen LogP contribution in [-0.4, -0.2) is 0 Å². The van der Waals surface area contributed by atoms with Gasteiger partial charge in [-0.2, -0.15) is 0 Å². The van der Waals surface area contributed by atoms with Crippen molar-refractivity contribution in [3.8, 4) is 44.5 Å². The summed E-state index contributed by atoms with van der Waals surface area (Å²) in [5.41, 5.74) is 22.1. The van der Waals surface area contributed by atoms with Gasteiger partial charge in [-0.1, -0.05) is 245 Å². The Morgan fingerprint density at radius 3 is 1.04 bits per heavy atom. The number of halogens is 3. The lowest BCUT2D eigenvalue weighted by Gasteiger charge is -2.28. The molecule has 0 heterocycles. The second kappa shape index (κ2) is 20.7. The van der Waals surface area contributed by atoms with Gasteiger partial charge in [-0.05, 0) is 157 Å². The van der Waals surface area contributed by atoms with Gasteiger partial charge in [0.05, 0.1) is 0 Å². The molecule has 348 valence electrons. The molecule has 12 rings (SSSR count). The summed E-state index contributed by atoms with van der Waals surface area (Å²) in [5.74, 6) is 0. The quantitative estimate of drug-likeness (QED) is 0.154. The van der Waals surface area contributed by atoms with Crippen LogP contribution in [-0.2, 0) is 17.3 Å². The SMILES string of the molecule is CC1(C)c2cc(Br)ccc2-c2ccc(Br)cc21.CC1(C)c2cc(Br)ccc2-c2ccc(N(c3ccccc3)c3ccc(-c4ccccc4)cc3)cc21.c1ccc(Cc2ccc(-c3ccccc3)cc2)cc1. The van der Waals surface area contributed by atoms with Crippen LogP contribution in [0.15, 0.2) is 256 Å². The fourth-order valence-corrected chi connectivity index (χ4v) is 11.3. The smallest absolute Gasteiger partial charge is 0.0465 e. The highest BCUT2D eigenvalue weighted by molar-refractivity contribution is 9.11. The van der Waals surface area contributed by atoms with E-state index in [9.17, 15) is 0 Å². The molecule has 71 heavy (non-hydrogen) atoms. The molecule has 0 saturated carbocycles. The molecule has 4 heteroatoms. The molecule has 0 spiro atoms. The summed E-state index contributed by atoms with van der Waals surface area (Å²) in [6, 6.07) is 86.7. The number of para-hydroxylation sites is 1. The molecule has 0 unspecified atom stereocenters. The zero-order valence-corrected chi connectivity index (χ0v) is 45.1. The Morgan fingerprint density at radius 1 is 0.296 bits per heavy atom. The van der Waals surface area contributed by atoms with Gasteiger partial charge in [0.15, 0.2) is 0 Å². The molecular weight excluding hydrogens is 1060 g/mol. The van der Waals surface area contributed by atoms with Crippen LogP contribution >= 0.6 is 47.8 Å². The number of rotatable bonds is 7. The molecule has 0 saturated heterocycles. The summed E-state index contributed by atoms with van der Waals surface area (Å²) < 4.78 is 3.43. The maximum Gasteiger partial charge on any atom is 0.0465 e. The first-order valence-electron chi connectivity index (χ1n) is 24.2. The zero-order valence-electron chi connectivity index (χ0n) is 40.4. The van der Waals surface area contributed by atoms with Gasteiger partial charge in [0.2, 0.25) is 0 Å². The van der Waals surface area contributed by atoms with Gasteiger partial charge in [-0.25, -0.2) is 0 Å². The van der Waals surface area contributed by atoms with Crippen LogP contribution in [0, 0.1) is 0 Å². The van der Waals surface area contributed by atoms with Gasteiger partial charge in [0.25, 0.3) is 0 Å². The monoisotopic (exact) mass is 1110 g/mol. The van der Waals surface area contributed by atoms with E-state index in [2.05, 4.69) is 317 Å². The van der Waals surface area contributed by atoms with Crippen LogP contribution in [0.2, 0.25) is 0 Å². The number of nitrogens with zero attached hydrogens (tertiary/aromatic N) is 1. The summed E-state index contributed by atoms with van der Waals surface area (Å²) in [7, 11) is 0. The Hall–Kier alpha value is -6.56.